The van der Waals surface area contributed by atoms with E-state index in [0.717, 1.165) is 24.3 Å². The second-order valence-electron chi connectivity index (χ2n) is 7.41. The number of nitrogens with zero attached hydrogens (tertiary/aromatic N) is 1. The number of hydrogen-bond donors (Lipinski definition) is 1. The minimum absolute atomic E-state index is 0.0130. The van der Waals surface area contributed by atoms with E-state index in [1.54, 1.807) is 18.2 Å². The third kappa shape index (κ3) is 5.30. The van der Waals surface area contributed by atoms with Crippen molar-refractivity contribution in [1.82, 2.24) is 5.32 Å². The van der Waals surface area contributed by atoms with E-state index < -0.39 is 0 Å². The summed E-state index contributed by atoms with van der Waals surface area (Å²) in [4.78, 5) is 13.8. The van der Waals surface area contributed by atoms with Gasteiger partial charge in [0.05, 0.1) is 12.3 Å². The van der Waals surface area contributed by atoms with Gasteiger partial charge in [0, 0.05) is 25.6 Å². The molecule has 0 bridgehead atoms. The van der Waals surface area contributed by atoms with Crippen molar-refractivity contribution in [3.8, 4) is 5.75 Å². The Morgan fingerprint density at radius 3 is 2.63 bits per heavy atom. The summed E-state index contributed by atoms with van der Waals surface area (Å²) >= 11 is 0. The highest BCUT2D eigenvalue weighted by Gasteiger charge is 2.31. The van der Waals surface area contributed by atoms with Gasteiger partial charge in [-0.2, -0.15) is 0 Å². The third-order valence-electron chi connectivity index (χ3n) is 4.75. The van der Waals surface area contributed by atoms with Gasteiger partial charge in [-0.15, -0.1) is 0 Å². The average molecular weight is 370 g/mol. The lowest BCUT2D eigenvalue weighted by molar-refractivity contribution is -0.117. The lowest BCUT2D eigenvalue weighted by atomic mass is 10.1. The molecule has 0 spiro atoms. The number of anilines is 1. The molecular weight excluding hydrogens is 343 g/mol. The molecule has 4 nitrogen and oxygen atoms in total. The Morgan fingerprint density at radius 1 is 1.19 bits per heavy atom. The zero-order valence-corrected chi connectivity index (χ0v) is 16.0. The largest absolute Gasteiger partial charge is 0.494 e. The number of benzene rings is 2. The normalized spacial score (nSPS) is 17.0. The topological polar surface area (TPSA) is 41.6 Å². The lowest BCUT2D eigenvalue weighted by Gasteiger charge is -2.18. The Morgan fingerprint density at radius 2 is 1.93 bits per heavy atom. The van der Waals surface area contributed by atoms with Crippen LogP contribution in [0.3, 0.4) is 0 Å². The molecule has 1 aliphatic heterocycles. The lowest BCUT2D eigenvalue weighted by Crippen LogP contribution is -2.32. The molecule has 1 atom stereocenters. The van der Waals surface area contributed by atoms with Gasteiger partial charge in [0.25, 0.3) is 0 Å². The van der Waals surface area contributed by atoms with Crippen molar-refractivity contribution in [3.63, 3.8) is 0 Å². The van der Waals surface area contributed by atoms with Crippen molar-refractivity contribution in [2.24, 2.45) is 5.92 Å². The van der Waals surface area contributed by atoms with Crippen LogP contribution >= 0.6 is 0 Å². The van der Waals surface area contributed by atoms with Crippen LogP contribution in [0.4, 0.5) is 10.1 Å². The van der Waals surface area contributed by atoms with E-state index in [1.165, 1.54) is 11.0 Å². The number of nitrogens with one attached hydrogen (secondary N) is 1. The van der Waals surface area contributed by atoms with Crippen molar-refractivity contribution in [3.05, 3.63) is 59.9 Å². The first-order chi connectivity index (χ1) is 13.0. The second kappa shape index (κ2) is 9.00. The fraction of sp³-hybridized carbons (Fsp3) is 0.409. The van der Waals surface area contributed by atoms with E-state index >= 15 is 0 Å². The van der Waals surface area contributed by atoms with Gasteiger partial charge in [-0.3, -0.25) is 4.79 Å². The van der Waals surface area contributed by atoms with Crippen LogP contribution in [0.15, 0.2) is 48.5 Å². The zero-order chi connectivity index (χ0) is 19.2. The maximum Gasteiger partial charge on any atom is 0.228 e. The van der Waals surface area contributed by atoms with Crippen molar-refractivity contribution >= 4 is 11.6 Å². The zero-order valence-electron chi connectivity index (χ0n) is 16.0. The monoisotopic (exact) mass is 370 g/mol. The number of ether oxygens (including phenoxy) is 1. The molecule has 1 saturated heterocycles. The number of halogens is 1. The molecule has 3 rings (SSSR count). The molecule has 1 heterocycles. The molecule has 1 unspecified atom stereocenters. The predicted octanol–water partition coefficient (Wildman–Crippen LogP) is 4.15. The van der Waals surface area contributed by atoms with Crippen molar-refractivity contribution in [1.29, 1.82) is 0 Å². The molecule has 2 aromatic rings. The molecule has 2 aromatic carbocycles. The number of carbonyl (C=O) groups is 1. The van der Waals surface area contributed by atoms with Crippen LogP contribution in [0.1, 0.15) is 32.3 Å². The highest BCUT2D eigenvalue weighted by Crippen LogP contribution is 2.24. The molecular formula is C22H27FN2O2. The summed E-state index contributed by atoms with van der Waals surface area (Å²) in [6.45, 7) is 6.23. The van der Waals surface area contributed by atoms with E-state index in [4.69, 9.17) is 4.74 Å². The molecule has 144 valence electrons. The Hall–Kier alpha value is -2.40. The van der Waals surface area contributed by atoms with Gasteiger partial charge in [-0.25, -0.2) is 4.39 Å². The minimum Gasteiger partial charge on any atom is -0.494 e. The molecule has 27 heavy (non-hydrogen) atoms. The SMILES string of the molecule is CC(C)CCOc1ccc(CNC2CC(=O)N(c3ccccc3F)C2)cc1. The first kappa shape index (κ1) is 19.4. The molecule has 0 aromatic heterocycles. The minimum atomic E-state index is -0.362. The summed E-state index contributed by atoms with van der Waals surface area (Å²) in [6, 6.07) is 14.4. The van der Waals surface area contributed by atoms with Crippen LogP contribution in [-0.2, 0) is 11.3 Å². The summed E-state index contributed by atoms with van der Waals surface area (Å²) in [7, 11) is 0. The highest BCUT2D eigenvalue weighted by atomic mass is 19.1. The molecule has 5 heteroatoms. The van der Waals surface area contributed by atoms with Crippen molar-refractivity contribution in [2.45, 2.75) is 39.3 Å². The van der Waals surface area contributed by atoms with E-state index in [1.807, 2.05) is 24.3 Å². The van der Waals surface area contributed by atoms with Crippen LogP contribution < -0.4 is 15.0 Å². The number of hydrogen-bond acceptors (Lipinski definition) is 3. The maximum atomic E-state index is 13.9. The van der Waals surface area contributed by atoms with Crippen LogP contribution in [0.2, 0.25) is 0 Å². The summed E-state index contributed by atoms with van der Waals surface area (Å²) in [5.41, 5.74) is 1.48. The number of carbonyl (C=O) groups excluding carboxylic acids is 1. The van der Waals surface area contributed by atoms with E-state index in [0.29, 0.717) is 31.1 Å². The Kier molecular flexibility index (Phi) is 6.45. The standard InChI is InChI=1S/C22H27FN2O2/c1-16(2)11-12-27-19-9-7-17(8-10-19)14-24-18-13-22(26)25(15-18)21-6-4-3-5-20(21)23/h3-10,16,18,24H,11-15H2,1-2H3. The summed E-state index contributed by atoms with van der Waals surface area (Å²) in [5.74, 6) is 1.10. The van der Waals surface area contributed by atoms with E-state index in [9.17, 15) is 9.18 Å². The van der Waals surface area contributed by atoms with Crippen LogP contribution in [0.5, 0.6) is 5.75 Å². The molecule has 1 fully saturated rings. The number of rotatable bonds is 8. The highest BCUT2D eigenvalue weighted by molar-refractivity contribution is 5.96. The average Bonchev–Trinajstić information content (AvgIpc) is 3.02. The fourth-order valence-electron chi connectivity index (χ4n) is 3.13. The molecule has 1 amide bonds. The van der Waals surface area contributed by atoms with Gasteiger partial charge in [-0.1, -0.05) is 38.1 Å². The van der Waals surface area contributed by atoms with Gasteiger partial charge in [0.15, 0.2) is 0 Å². The molecule has 1 N–H and O–H groups in total. The Balaban J connectivity index is 1.49. The van der Waals surface area contributed by atoms with Crippen molar-refractivity contribution < 1.29 is 13.9 Å². The predicted molar refractivity (Wildman–Crippen MR) is 105 cm³/mol. The number of para-hydroxylation sites is 1. The van der Waals surface area contributed by atoms with Crippen LogP contribution in [0, 0.1) is 11.7 Å². The van der Waals surface area contributed by atoms with Crippen molar-refractivity contribution in [2.75, 3.05) is 18.1 Å². The molecule has 1 aliphatic rings. The molecule has 0 radical (unpaired) electrons. The van der Waals surface area contributed by atoms with E-state index in [2.05, 4.69) is 19.2 Å². The Labute approximate surface area is 160 Å². The summed E-state index contributed by atoms with van der Waals surface area (Å²) < 4.78 is 19.7. The third-order valence-corrected chi connectivity index (χ3v) is 4.75. The first-order valence-corrected chi connectivity index (χ1v) is 9.53. The fourth-order valence-corrected chi connectivity index (χ4v) is 3.13. The second-order valence-corrected chi connectivity index (χ2v) is 7.41. The smallest absolute Gasteiger partial charge is 0.228 e. The quantitative estimate of drug-likeness (QED) is 0.759. The maximum absolute atomic E-state index is 13.9. The van der Waals surface area contributed by atoms with Gasteiger partial charge >= 0.3 is 0 Å². The Bertz CT molecular complexity index is 761. The van der Waals surface area contributed by atoms with E-state index in [-0.39, 0.29) is 17.8 Å². The van der Waals surface area contributed by atoms with Gasteiger partial charge < -0.3 is 15.0 Å². The summed E-state index contributed by atoms with van der Waals surface area (Å²) in [5, 5.41) is 3.40. The van der Waals surface area contributed by atoms with Crippen LogP contribution in [-0.4, -0.2) is 25.1 Å². The summed E-state index contributed by atoms with van der Waals surface area (Å²) in [6.07, 6.45) is 1.42. The molecule has 0 aliphatic carbocycles. The van der Waals surface area contributed by atoms with Gasteiger partial charge in [-0.05, 0) is 42.2 Å². The first-order valence-electron chi connectivity index (χ1n) is 9.53. The number of amides is 1. The molecule has 0 saturated carbocycles. The van der Waals surface area contributed by atoms with Crippen LogP contribution in [0.25, 0.3) is 0 Å². The van der Waals surface area contributed by atoms with Gasteiger partial charge in [0.2, 0.25) is 5.91 Å². The van der Waals surface area contributed by atoms with Gasteiger partial charge in [0.1, 0.15) is 11.6 Å².